The molecular weight excluding hydrogens is 284 g/mol. The Balaban J connectivity index is 1.88. The number of pyridine rings is 1. The van der Waals surface area contributed by atoms with Crippen molar-refractivity contribution in [1.29, 1.82) is 0 Å². The van der Waals surface area contributed by atoms with Gasteiger partial charge in [0.15, 0.2) is 0 Å². The van der Waals surface area contributed by atoms with Crippen molar-refractivity contribution >= 4 is 29.3 Å². The van der Waals surface area contributed by atoms with Gasteiger partial charge < -0.3 is 5.11 Å². The number of halogens is 1. The summed E-state index contributed by atoms with van der Waals surface area (Å²) in [4.78, 5) is 15.6. The minimum atomic E-state index is -0.866. The van der Waals surface area contributed by atoms with E-state index < -0.39 is 11.5 Å². The van der Waals surface area contributed by atoms with Gasteiger partial charge in [-0.05, 0) is 38.3 Å². The third kappa shape index (κ3) is 4.09. The molecule has 2 rings (SSSR count). The molecular formula is C13H17ClN2O2S. The molecule has 1 heterocycles. The fraction of sp³-hybridized carbons (Fsp3) is 0.538. The van der Waals surface area contributed by atoms with Crippen LogP contribution in [0.4, 0.5) is 0 Å². The predicted molar refractivity (Wildman–Crippen MR) is 76.8 cm³/mol. The van der Waals surface area contributed by atoms with Crippen molar-refractivity contribution < 1.29 is 9.90 Å². The zero-order valence-corrected chi connectivity index (χ0v) is 12.3. The first-order valence-electron chi connectivity index (χ1n) is 6.26. The predicted octanol–water partition coefficient (Wildman–Crippen LogP) is 2.81. The van der Waals surface area contributed by atoms with Crippen LogP contribution in [0.15, 0.2) is 23.4 Å². The summed E-state index contributed by atoms with van der Waals surface area (Å²) in [5, 5.41) is 13.9. The monoisotopic (exact) mass is 300 g/mol. The topological polar surface area (TPSA) is 62.2 Å². The molecule has 0 aromatic carbocycles. The normalized spacial score (nSPS) is 18.0. The molecule has 0 spiro atoms. The van der Waals surface area contributed by atoms with E-state index >= 15 is 0 Å². The number of hydrogen-bond acceptors (Lipinski definition) is 4. The third-order valence-corrected chi connectivity index (χ3v) is 4.56. The summed E-state index contributed by atoms with van der Waals surface area (Å²) in [6, 6.07) is 3.93. The van der Waals surface area contributed by atoms with Gasteiger partial charge in [0.1, 0.15) is 10.6 Å². The Hall–Kier alpha value is -0.780. The van der Waals surface area contributed by atoms with Crippen LogP contribution in [0.3, 0.4) is 0 Å². The second kappa shape index (κ2) is 6.11. The van der Waals surface area contributed by atoms with E-state index in [-0.39, 0.29) is 0 Å². The lowest BCUT2D eigenvalue weighted by molar-refractivity contribution is -0.144. The van der Waals surface area contributed by atoms with E-state index in [2.05, 4.69) is 10.3 Å². The fourth-order valence-electron chi connectivity index (χ4n) is 1.75. The summed E-state index contributed by atoms with van der Waals surface area (Å²) in [6.45, 7) is 1.74. The SMILES string of the molecule is CC(CCSc1ncccc1Cl)(NC1CC1)C(=O)O. The highest BCUT2D eigenvalue weighted by Crippen LogP contribution is 2.28. The van der Waals surface area contributed by atoms with Crippen molar-refractivity contribution in [3.05, 3.63) is 23.4 Å². The van der Waals surface area contributed by atoms with Gasteiger partial charge >= 0.3 is 5.97 Å². The first-order valence-corrected chi connectivity index (χ1v) is 7.62. The molecule has 1 saturated carbocycles. The van der Waals surface area contributed by atoms with E-state index in [1.807, 2.05) is 0 Å². The lowest BCUT2D eigenvalue weighted by Gasteiger charge is -2.26. The van der Waals surface area contributed by atoms with E-state index in [0.29, 0.717) is 23.2 Å². The Kier molecular flexibility index (Phi) is 4.71. The van der Waals surface area contributed by atoms with Crippen LogP contribution in [0.1, 0.15) is 26.2 Å². The lowest BCUT2D eigenvalue weighted by atomic mass is 9.99. The molecule has 0 aliphatic heterocycles. The van der Waals surface area contributed by atoms with Gasteiger partial charge in [0.05, 0.1) is 5.02 Å². The standard InChI is InChI=1S/C13H17ClN2O2S/c1-13(12(17)18,16-9-4-5-9)6-8-19-11-10(14)3-2-7-15-11/h2-3,7,9,16H,4-6,8H2,1H3,(H,17,18). The van der Waals surface area contributed by atoms with Gasteiger partial charge in [-0.25, -0.2) is 4.98 Å². The smallest absolute Gasteiger partial charge is 0.323 e. The highest BCUT2D eigenvalue weighted by atomic mass is 35.5. The zero-order chi connectivity index (χ0) is 13.9. The minimum absolute atomic E-state index is 0.365. The van der Waals surface area contributed by atoms with Crippen molar-refractivity contribution in [3.63, 3.8) is 0 Å². The average Bonchev–Trinajstić information content (AvgIpc) is 3.15. The fourth-order valence-corrected chi connectivity index (χ4v) is 3.08. The molecule has 0 bridgehead atoms. The quantitative estimate of drug-likeness (QED) is 0.758. The molecule has 19 heavy (non-hydrogen) atoms. The highest BCUT2D eigenvalue weighted by molar-refractivity contribution is 7.99. The molecule has 0 amide bonds. The van der Waals surface area contributed by atoms with Crippen molar-refractivity contribution in [3.8, 4) is 0 Å². The van der Waals surface area contributed by atoms with Crippen LogP contribution >= 0.6 is 23.4 Å². The van der Waals surface area contributed by atoms with Gasteiger partial charge in [0.2, 0.25) is 0 Å². The van der Waals surface area contributed by atoms with Crippen LogP contribution in [-0.4, -0.2) is 33.4 Å². The van der Waals surface area contributed by atoms with E-state index in [1.54, 1.807) is 25.3 Å². The number of hydrogen-bond donors (Lipinski definition) is 2. The third-order valence-electron chi connectivity index (χ3n) is 3.14. The summed E-state index contributed by atoms with van der Waals surface area (Å²) in [6.07, 6.45) is 4.37. The summed E-state index contributed by atoms with van der Waals surface area (Å²) in [5.74, 6) is -0.133. The van der Waals surface area contributed by atoms with Gasteiger partial charge in [-0.15, -0.1) is 11.8 Å². The van der Waals surface area contributed by atoms with Gasteiger partial charge in [-0.1, -0.05) is 11.6 Å². The van der Waals surface area contributed by atoms with E-state index in [4.69, 9.17) is 11.6 Å². The Labute approximate surface area is 121 Å². The Morgan fingerprint density at radius 3 is 3.00 bits per heavy atom. The van der Waals surface area contributed by atoms with Crippen molar-refractivity contribution in [2.24, 2.45) is 0 Å². The van der Waals surface area contributed by atoms with Gasteiger partial charge in [-0.2, -0.15) is 0 Å². The van der Waals surface area contributed by atoms with Crippen LogP contribution in [0.2, 0.25) is 5.02 Å². The number of carboxylic acid groups (broad SMARTS) is 1. The number of thioether (sulfide) groups is 1. The molecule has 1 unspecified atom stereocenters. The maximum Gasteiger partial charge on any atom is 0.323 e. The molecule has 4 nitrogen and oxygen atoms in total. The molecule has 1 atom stereocenters. The maximum absolute atomic E-state index is 11.4. The Morgan fingerprint density at radius 1 is 1.68 bits per heavy atom. The number of carboxylic acids is 1. The second-order valence-corrected chi connectivity index (χ2v) is 6.44. The number of carbonyl (C=O) groups is 1. The minimum Gasteiger partial charge on any atom is -0.480 e. The number of aliphatic carboxylic acids is 1. The molecule has 0 saturated heterocycles. The first-order chi connectivity index (χ1) is 9.01. The largest absolute Gasteiger partial charge is 0.480 e. The molecule has 104 valence electrons. The molecule has 2 N–H and O–H groups in total. The number of rotatable bonds is 7. The van der Waals surface area contributed by atoms with E-state index in [9.17, 15) is 9.90 Å². The molecule has 0 radical (unpaired) electrons. The highest BCUT2D eigenvalue weighted by Gasteiger charge is 2.38. The van der Waals surface area contributed by atoms with Crippen molar-refractivity contribution in [2.45, 2.75) is 42.8 Å². The lowest BCUT2D eigenvalue weighted by Crippen LogP contribution is -2.50. The molecule has 1 aliphatic carbocycles. The average molecular weight is 301 g/mol. The van der Waals surface area contributed by atoms with Gasteiger partial charge in [-0.3, -0.25) is 10.1 Å². The van der Waals surface area contributed by atoms with Crippen LogP contribution in [-0.2, 0) is 4.79 Å². The zero-order valence-electron chi connectivity index (χ0n) is 10.7. The van der Waals surface area contributed by atoms with Gasteiger partial charge in [0.25, 0.3) is 0 Å². The van der Waals surface area contributed by atoms with E-state index in [0.717, 1.165) is 17.9 Å². The number of nitrogens with one attached hydrogen (secondary N) is 1. The van der Waals surface area contributed by atoms with Crippen LogP contribution in [0, 0.1) is 0 Å². The Bertz CT molecular complexity index is 468. The molecule has 1 fully saturated rings. The molecule has 1 aromatic heterocycles. The van der Waals surface area contributed by atoms with E-state index in [1.165, 1.54) is 11.8 Å². The molecule has 6 heteroatoms. The van der Waals surface area contributed by atoms with Crippen molar-refractivity contribution in [1.82, 2.24) is 10.3 Å². The van der Waals surface area contributed by atoms with Crippen LogP contribution in [0.25, 0.3) is 0 Å². The number of aromatic nitrogens is 1. The molecule has 1 aliphatic rings. The Morgan fingerprint density at radius 2 is 2.42 bits per heavy atom. The number of nitrogens with zero attached hydrogens (tertiary/aromatic N) is 1. The first kappa shape index (κ1) is 14.6. The molecule has 1 aromatic rings. The van der Waals surface area contributed by atoms with Crippen LogP contribution < -0.4 is 5.32 Å². The maximum atomic E-state index is 11.4. The summed E-state index contributed by atoms with van der Waals surface area (Å²) >= 11 is 7.51. The summed E-state index contributed by atoms with van der Waals surface area (Å²) in [5.41, 5.74) is -0.866. The van der Waals surface area contributed by atoms with Crippen molar-refractivity contribution in [2.75, 3.05) is 5.75 Å². The summed E-state index contributed by atoms with van der Waals surface area (Å²) < 4.78 is 0. The van der Waals surface area contributed by atoms with Gasteiger partial charge in [0, 0.05) is 18.0 Å². The van der Waals surface area contributed by atoms with Crippen LogP contribution in [0.5, 0.6) is 0 Å². The summed E-state index contributed by atoms with van der Waals surface area (Å²) in [7, 11) is 0. The second-order valence-electron chi connectivity index (χ2n) is 4.94.